The maximum Gasteiger partial charge on any atom is 0.243 e. The number of sulfonamides is 1. The van der Waals surface area contributed by atoms with Crippen LogP contribution in [-0.2, 0) is 21.4 Å². The van der Waals surface area contributed by atoms with Crippen LogP contribution in [0.25, 0.3) is 0 Å². The summed E-state index contributed by atoms with van der Waals surface area (Å²) in [5, 5.41) is 3.51. The number of nitrogens with zero attached hydrogens (tertiary/aromatic N) is 1. The van der Waals surface area contributed by atoms with Gasteiger partial charge in [0.25, 0.3) is 0 Å². The number of nitrogens with one attached hydrogen (secondary N) is 1. The molecule has 0 unspecified atom stereocenters. The van der Waals surface area contributed by atoms with Crippen molar-refractivity contribution in [3.63, 3.8) is 0 Å². The minimum Gasteiger partial charge on any atom is -0.497 e. The predicted octanol–water partition coefficient (Wildman–Crippen LogP) is 3.60. The second kappa shape index (κ2) is 9.61. The summed E-state index contributed by atoms with van der Waals surface area (Å²) < 4.78 is 32.8. The molecule has 1 amide bonds. The van der Waals surface area contributed by atoms with Gasteiger partial charge in [0.1, 0.15) is 5.75 Å². The van der Waals surface area contributed by atoms with E-state index in [1.165, 1.54) is 11.4 Å². The zero-order chi connectivity index (χ0) is 20.9. The molecule has 2 aromatic carbocycles. The van der Waals surface area contributed by atoms with Gasteiger partial charge in [-0.1, -0.05) is 30.2 Å². The molecule has 1 saturated heterocycles. The van der Waals surface area contributed by atoms with Gasteiger partial charge in [0.15, 0.2) is 0 Å². The molecule has 8 heteroatoms. The average molecular weight is 437 g/mol. The Morgan fingerprint density at radius 2 is 1.83 bits per heavy atom. The lowest BCUT2D eigenvalue weighted by Crippen LogP contribution is -2.45. The third-order valence-corrected chi connectivity index (χ3v) is 7.28. The van der Waals surface area contributed by atoms with Gasteiger partial charge in [-0.15, -0.1) is 0 Å². The first-order valence-electron chi connectivity index (χ1n) is 9.57. The molecule has 29 heavy (non-hydrogen) atoms. The number of hydrogen-bond donors (Lipinski definition) is 1. The van der Waals surface area contributed by atoms with Crippen molar-refractivity contribution in [2.24, 2.45) is 0 Å². The van der Waals surface area contributed by atoms with Gasteiger partial charge in [-0.05, 0) is 54.8 Å². The fourth-order valence-corrected chi connectivity index (χ4v) is 5.29. The molecular formula is C21H25ClN2O4S. The molecule has 1 aliphatic heterocycles. The maximum atomic E-state index is 13.1. The van der Waals surface area contributed by atoms with Crippen molar-refractivity contribution in [1.29, 1.82) is 0 Å². The van der Waals surface area contributed by atoms with Crippen molar-refractivity contribution in [3.05, 3.63) is 59.1 Å². The third kappa shape index (κ3) is 5.50. The smallest absolute Gasteiger partial charge is 0.243 e. The van der Waals surface area contributed by atoms with Crippen molar-refractivity contribution in [2.75, 3.05) is 13.7 Å². The molecule has 156 valence electrons. The van der Waals surface area contributed by atoms with E-state index in [1.54, 1.807) is 36.4 Å². The lowest BCUT2D eigenvalue weighted by atomic mass is 10.0. The van der Waals surface area contributed by atoms with Crippen molar-refractivity contribution in [3.8, 4) is 5.75 Å². The molecule has 1 N–H and O–H groups in total. The fourth-order valence-electron chi connectivity index (χ4n) is 3.47. The van der Waals surface area contributed by atoms with E-state index in [0.29, 0.717) is 30.3 Å². The Morgan fingerprint density at radius 1 is 1.14 bits per heavy atom. The Hall–Kier alpha value is -2.09. The second-order valence-electron chi connectivity index (χ2n) is 7.05. The SMILES string of the molecule is COc1ccc(S(=O)(=O)N2CCCC[C@@H]2CC(=O)NCc2ccc(Cl)cc2)cc1. The molecule has 0 aromatic heterocycles. The van der Waals surface area contributed by atoms with Crippen LogP contribution in [0.2, 0.25) is 5.02 Å². The first-order valence-corrected chi connectivity index (χ1v) is 11.4. The highest BCUT2D eigenvalue weighted by Crippen LogP contribution is 2.28. The van der Waals surface area contributed by atoms with Crippen LogP contribution < -0.4 is 10.1 Å². The van der Waals surface area contributed by atoms with Gasteiger partial charge in [-0.3, -0.25) is 4.79 Å². The summed E-state index contributed by atoms with van der Waals surface area (Å²) in [7, 11) is -2.14. The predicted molar refractivity (Wildman–Crippen MR) is 112 cm³/mol. The molecule has 0 aliphatic carbocycles. The number of rotatable bonds is 7. The first-order chi connectivity index (χ1) is 13.9. The van der Waals surface area contributed by atoms with Gasteiger partial charge < -0.3 is 10.1 Å². The van der Waals surface area contributed by atoms with Crippen LogP contribution >= 0.6 is 11.6 Å². The Bertz CT molecular complexity index is 930. The highest BCUT2D eigenvalue weighted by atomic mass is 35.5. The molecule has 0 spiro atoms. The molecule has 1 fully saturated rings. The van der Waals surface area contributed by atoms with Crippen molar-refractivity contribution in [2.45, 2.75) is 43.2 Å². The van der Waals surface area contributed by atoms with Gasteiger partial charge in [0.2, 0.25) is 15.9 Å². The summed E-state index contributed by atoms with van der Waals surface area (Å²) in [6.45, 7) is 0.803. The van der Waals surface area contributed by atoms with Gasteiger partial charge in [0, 0.05) is 30.6 Å². The molecule has 6 nitrogen and oxygen atoms in total. The third-order valence-electron chi connectivity index (χ3n) is 5.06. The van der Waals surface area contributed by atoms with Gasteiger partial charge >= 0.3 is 0 Å². The van der Waals surface area contributed by atoms with E-state index < -0.39 is 10.0 Å². The number of amides is 1. The summed E-state index contributed by atoms with van der Waals surface area (Å²) in [5.74, 6) is 0.433. The summed E-state index contributed by atoms with van der Waals surface area (Å²) in [6.07, 6.45) is 2.51. The minimum absolute atomic E-state index is 0.142. The Kier molecular flexibility index (Phi) is 7.16. The van der Waals surface area contributed by atoms with Crippen LogP contribution in [-0.4, -0.2) is 38.3 Å². The van der Waals surface area contributed by atoms with Crippen LogP contribution in [0.3, 0.4) is 0 Å². The highest BCUT2D eigenvalue weighted by molar-refractivity contribution is 7.89. The molecule has 1 atom stereocenters. The molecule has 3 rings (SSSR count). The number of benzene rings is 2. The monoisotopic (exact) mass is 436 g/mol. The Morgan fingerprint density at radius 3 is 2.48 bits per heavy atom. The van der Waals surface area contributed by atoms with Crippen LogP contribution in [0.15, 0.2) is 53.4 Å². The Balaban J connectivity index is 1.66. The standard InChI is InChI=1S/C21H25ClN2O4S/c1-28-19-9-11-20(12-10-19)29(26,27)24-13-3-2-4-18(24)14-21(25)23-15-16-5-7-17(22)8-6-16/h5-12,18H,2-4,13-15H2,1H3,(H,23,25)/t18-/m1/s1. The zero-order valence-electron chi connectivity index (χ0n) is 16.3. The fraction of sp³-hybridized carbons (Fsp3) is 0.381. The molecule has 0 bridgehead atoms. The number of carbonyl (C=O) groups excluding carboxylic acids is 1. The van der Waals surface area contributed by atoms with Gasteiger partial charge in [-0.2, -0.15) is 4.31 Å². The molecule has 2 aromatic rings. The number of hydrogen-bond acceptors (Lipinski definition) is 4. The number of ether oxygens (including phenoxy) is 1. The van der Waals surface area contributed by atoms with E-state index >= 15 is 0 Å². The Labute approximate surface area is 176 Å². The molecule has 1 aliphatic rings. The number of piperidine rings is 1. The summed E-state index contributed by atoms with van der Waals surface area (Å²) in [6, 6.07) is 13.2. The van der Waals surface area contributed by atoms with E-state index in [4.69, 9.17) is 16.3 Å². The zero-order valence-corrected chi connectivity index (χ0v) is 17.9. The largest absolute Gasteiger partial charge is 0.497 e. The van der Waals surface area contributed by atoms with E-state index in [0.717, 1.165) is 18.4 Å². The highest BCUT2D eigenvalue weighted by Gasteiger charge is 2.34. The van der Waals surface area contributed by atoms with E-state index in [9.17, 15) is 13.2 Å². The lowest BCUT2D eigenvalue weighted by Gasteiger charge is -2.34. The lowest BCUT2D eigenvalue weighted by molar-refractivity contribution is -0.122. The van der Waals surface area contributed by atoms with Crippen molar-refractivity contribution < 1.29 is 17.9 Å². The van der Waals surface area contributed by atoms with E-state index in [-0.39, 0.29) is 23.3 Å². The molecule has 1 heterocycles. The normalized spacial score (nSPS) is 17.7. The van der Waals surface area contributed by atoms with Gasteiger partial charge in [0.05, 0.1) is 12.0 Å². The molecule has 0 radical (unpaired) electrons. The van der Waals surface area contributed by atoms with Crippen LogP contribution in [0.5, 0.6) is 5.75 Å². The number of halogens is 1. The quantitative estimate of drug-likeness (QED) is 0.719. The van der Waals surface area contributed by atoms with Crippen molar-refractivity contribution in [1.82, 2.24) is 9.62 Å². The number of methoxy groups -OCH3 is 1. The van der Waals surface area contributed by atoms with Crippen LogP contribution in [0, 0.1) is 0 Å². The summed E-state index contributed by atoms with van der Waals surface area (Å²) >= 11 is 5.87. The summed E-state index contributed by atoms with van der Waals surface area (Å²) in [5.41, 5.74) is 0.939. The van der Waals surface area contributed by atoms with Crippen LogP contribution in [0.4, 0.5) is 0 Å². The van der Waals surface area contributed by atoms with E-state index in [1.807, 2.05) is 12.1 Å². The average Bonchev–Trinajstić information content (AvgIpc) is 2.73. The summed E-state index contributed by atoms with van der Waals surface area (Å²) in [4.78, 5) is 12.7. The second-order valence-corrected chi connectivity index (χ2v) is 9.38. The minimum atomic E-state index is -3.67. The van der Waals surface area contributed by atoms with Gasteiger partial charge in [-0.25, -0.2) is 8.42 Å². The van der Waals surface area contributed by atoms with Crippen molar-refractivity contribution >= 4 is 27.5 Å². The van der Waals surface area contributed by atoms with Crippen LogP contribution in [0.1, 0.15) is 31.2 Å². The first kappa shape index (κ1) is 21.6. The van der Waals surface area contributed by atoms with E-state index in [2.05, 4.69) is 5.32 Å². The topological polar surface area (TPSA) is 75.7 Å². The molecule has 0 saturated carbocycles. The number of carbonyl (C=O) groups is 1. The molecular weight excluding hydrogens is 412 g/mol. The maximum absolute atomic E-state index is 13.1.